The molecule has 0 bridgehead atoms. The van der Waals surface area contributed by atoms with Crippen molar-refractivity contribution >= 4 is 5.95 Å². The van der Waals surface area contributed by atoms with Crippen LogP contribution in [-0.2, 0) is 0 Å². The van der Waals surface area contributed by atoms with E-state index in [-0.39, 0.29) is 6.04 Å². The van der Waals surface area contributed by atoms with Crippen molar-refractivity contribution in [1.82, 2.24) is 15.5 Å². The van der Waals surface area contributed by atoms with Crippen LogP contribution in [0.4, 0.5) is 5.95 Å². The Morgan fingerprint density at radius 2 is 2.27 bits per heavy atom. The van der Waals surface area contributed by atoms with Crippen LogP contribution in [0.5, 0.6) is 0 Å². The number of nitrogens with zero attached hydrogens (tertiary/aromatic N) is 3. The predicted molar refractivity (Wildman–Crippen MR) is 57.8 cm³/mol. The monoisotopic (exact) mass is 210 g/mol. The Balaban J connectivity index is 2.08. The minimum absolute atomic E-state index is 0.266. The van der Waals surface area contributed by atoms with Crippen molar-refractivity contribution in [3.8, 4) is 0 Å². The lowest BCUT2D eigenvalue weighted by molar-refractivity contribution is 0.344. The second-order valence-electron chi connectivity index (χ2n) is 3.75. The maximum absolute atomic E-state index is 5.27. The molecule has 0 aromatic carbocycles. The van der Waals surface area contributed by atoms with E-state index in [1.807, 2.05) is 0 Å². The van der Waals surface area contributed by atoms with Crippen LogP contribution < -0.4 is 10.2 Å². The quantitative estimate of drug-likeness (QED) is 0.812. The van der Waals surface area contributed by atoms with Crippen molar-refractivity contribution in [2.45, 2.75) is 32.7 Å². The van der Waals surface area contributed by atoms with E-state index >= 15 is 0 Å². The van der Waals surface area contributed by atoms with Crippen LogP contribution >= 0.6 is 0 Å². The molecular weight excluding hydrogens is 192 g/mol. The Hall–Kier alpha value is -1.10. The maximum atomic E-state index is 5.27. The lowest BCUT2D eigenvalue weighted by Crippen LogP contribution is -2.23. The Morgan fingerprint density at radius 1 is 1.47 bits per heavy atom. The lowest BCUT2D eigenvalue weighted by Gasteiger charge is -2.14. The summed E-state index contributed by atoms with van der Waals surface area (Å²) >= 11 is 0. The number of hydrogen-bond donors (Lipinski definition) is 1. The third-order valence-electron chi connectivity index (χ3n) is 2.84. The van der Waals surface area contributed by atoms with Crippen LogP contribution in [0.2, 0.25) is 0 Å². The number of rotatable bonds is 4. The summed E-state index contributed by atoms with van der Waals surface area (Å²) in [5.74, 6) is 1.44. The zero-order valence-electron chi connectivity index (χ0n) is 9.36. The number of aromatic nitrogens is 2. The zero-order valence-corrected chi connectivity index (χ0v) is 9.36. The average Bonchev–Trinajstić information content (AvgIpc) is 2.89. The standard InChI is InChI=1S/C10H18N4O/c1-3-14(4-2)10-12-9(15-13-10)8-6-5-7-11-8/h8,11H,3-7H2,1-2H3. The number of nitrogens with one attached hydrogen (secondary N) is 1. The number of anilines is 1. The summed E-state index contributed by atoms with van der Waals surface area (Å²) in [7, 11) is 0. The molecule has 0 radical (unpaired) electrons. The van der Waals surface area contributed by atoms with Crippen LogP contribution in [0, 0.1) is 0 Å². The first-order valence-corrected chi connectivity index (χ1v) is 5.67. The van der Waals surface area contributed by atoms with Crippen molar-refractivity contribution in [2.75, 3.05) is 24.5 Å². The van der Waals surface area contributed by atoms with Gasteiger partial charge < -0.3 is 14.7 Å². The summed E-state index contributed by atoms with van der Waals surface area (Å²) in [4.78, 5) is 6.51. The first kappa shape index (κ1) is 10.4. The molecule has 1 aliphatic rings. The van der Waals surface area contributed by atoms with Crippen molar-refractivity contribution in [3.05, 3.63) is 5.89 Å². The largest absolute Gasteiger partial charge is 0.339 e. The molecule has 2 rings (SSSR count). The van der Waals surface area contributed by atoms with Gasteiger partial charge >= 0.3 is 0 Å². The summed E-state index contributed by atoms with van der Waals surface area (Å²) in [6.45, 7) is 7.05. The van der Waals surface area contributed by atoms with Crippen molar-refractivity contribution in [3.63, 3.8) is 0 Å². The third kappa shape index (κ3) is 2.12. The molecule has 5 nitrogen and oxygen atoms in total. The van der Waals surface area contributed by atoms with E-state index in [1.165, 1.54) is 6.42 Å². The van der Waals surface area contributed by atoms with Gasteiger partial charge in [-0.15, -0.1) is 0 Å². The first-order chi connectivity index (χ1) is 7.35. The highest BCUT2D eigenvalue weighted by molar-refractivity contribution is 5.27. The Bertz CT molecular complexity index is 286. The smallest absolute Gasteiger partial charge is 0.266 e. The molecule has 0 amide bonds. The number of hydrogen-bond acceptors (Lipinski definition) is 5. The minimum Gasteiger partial charge on any atom is -0.339 e. The van der Waals surface area contributed by atoms with Gasteiger partial charge in [-0.05, 0) is 38.4 Å². The third-order valence-corrected chi connectivity index (χ3v) is 2.84. The van der Waals surface area contributed by atoms with Gasteiger partial charge in [-0.2, -0.15) is 4.98 Å². The van der Waals surface area contributed by atoms with Crippen LogP contribution in [0.15, 0.2) is 4.52 Å². The van der Waals surface area contributed by atoms with Gasteiger partial charge in [0.1, 0.15) is 0 Å². The van der Waals surface area contributed by atoms with Gasteiger partial charge in [-0.3, -0.25) is 0 Å². The van der Waals surface area contributed by atoms with Gasteiger partial charge in [-0.25, -0.2) is 0 Å². The Labute approximate surface area is 89.8 Å². The van der Waals surface area contributed by atoms with Gasteiger partial charge in [-0.1, -0.05) is 0 Å². The van der Waals surface area contributed by atoms with Gasteiger partial charge in [0.15, 0.2) is 0 Å². The summed E-state index contributed by atoms with van der Waals surface area (Å²) in [5.41, 5.74) is 0. The van der Waals surface area contributed by atoms with Crippen LogP contribution in [0.1, 0.15) is 38.6 Å². The molecule has 1 aliphatic heterocycles. The summed E-state index contributed by atoms with van der Waals surface area (Å²) in [6.07, 6.45) is 2.29. The van der Waals surface area contributed by atoms with E-state index in [2.05, 4.69) is 34.2 Å². The maximum Gasteiger partial charge on any atom is 0.266 e. The van der Waals surface area contributed by atoms with Crippen molar-refractivity contribution < 1.29 is 4.52 Å². The molecule has 0 saturated carbocycles. The van der Waals surface area contributed by atoms with E-state index in [0.29, 0.717) is 5.95 Å². The molecule has 1 aromatic rings. The average molecular weight is 210 g/mol. The van der Waals surface area contributed by atoms with Gasteiger partial charge in [0, 0.05) is 13.1 Å². The molecule has 1 saturated heterocycles. The van der Waals surface area contributed by atoms with Gasteiger partial charge in [0.25, 0.3) is 5.95 Å². The Kier molecular flexibility index (Phi) is 3.20. The van der Waals surface area contributed by atoms with E-state index < -0.39 is 0 Å². The fraction of sp³-hybridized carbons (Fsp3) is 0.800. The highest BCUT2D eigenvalue weighted by Gasteiger charge is 2.23. The molecule has 15 heavy (non-hydrogen) atoms. The molecule has 1 fully saturated rings. The Morgan fingerprint density at radius 3 is 2.87 bits per heavy atom. The first-order valence-electron chi connectivity index (χ1n) is 5.67. The normalized spacial score (nSPS) is 20.8. The van der Waals surface area contributed by atoms with Gasteiger partial charge in [0.2, 0.25) is 5.89 Å². The molecule has 84 valence electrons. The minimum atomic E-state index is 0.266. The molecular formula is C10H18N4O. The van der Waals surface area contributed by atoms with Crippen molar-refractivity contribution in [1.29, 1.82) is 0 Å². The molecule has 1 aromatic heterocycles. The molecule has 1 atom stereocenters. The van der Waals surface area contributed by atoms with E-state index in [9.17, 15) is 0 Å². The summed E-state index contributed by atoms with van der Waals surface area (Å²) < 4.78 is 5.27. The summed E-state index contributed by atoms with van der Waals surface area (Å²) in [6, 6.07) is 0.266. The van der Waals surface area contributed by atoms with Crippen LogP contribution in [-0.4, -0.2) is 29.8 Å². The van der Waals surface area contributed by atoms with E-state index in [0.717, 1.165) is 31.9 Å². The summed E-state index contributed by atoms with van der Waals surface area (Å²) in [5, 5.41) is 7.35. The molecule has 0 aliphatic carbocycles. The highest BCUT2D eigenvalue weighted by Crippen LogP contribution is 2.22. The van der Waals surface area contributed by atoms with Crippen LogP contribution in [0.25, 0.3) is 0 Å². The molecule has 1 N–H and O–H groups in total. The fourth-order valence-corrected chi connectivity index (χ4v) is 1.90. The molecule has 1 unspecified atom stereocenters. The molecule has 2 heterocycles. The van der Waals surface area contributed by atoms with E-state index in [4.69, 9.17) is 4.52 Å². The second kappa shape index (κ2) is 4.61. The van der Waals surface area contributed by atoms with Gasteiger partial charge in [0.05, 0.1) is 6.04 Å². The molecule has 0 spiro atoms. The van der Waals surface area contributed by atoms with Crippen molar-refractivity contribution in [2.24, 2.45) is 0 Å². The molecule has 5 heteroatoms. The second-order valence-corrected chi connectivity index (χ2v) is 3.75. The lowest BCUT2D eigenvalue weighted by atomic mass is 10.2. The highest BCUT2D eigenvalue weighted by atomic mass is 16.5. The zero-order chi connectivity index (χ0) is 10.7. The van der Waals surface area contributed by atoms with E-state index in [1.54, 1.807) is 0 Å². The fourth-order valence-electron chi connectivity index (χ4n) is 1.90. The SMILES string of the molecule is CCN(CC)c1noc(C2CCCN2)n1. The topological polar surface area (TPSA) is 54.2 Å². The predicted octanol–water partition coefficient (Wildman–Crippen LogP) is 1.34. The van der Waals surface area contributed by atoms with Crippen LogP contribution in [0.3, 0.4) is 0 Å².